The van der Waals surface area contributed by atoms with Crippen LogP contribution in [-0.4, -0.2) is 70.4 Å². The van der Waals surface area contributed by atoms with Gasteiger partial charge in [0.2, 0.25) is 11.9 Å². The molecule has 15 heteroatoms. The summed E-state index contributed by atoms with van der Waals surface area (Å²) in [7, 11) is 0. The zero-order valence-electron chi connectivity index (χ0n) is 24.0. The van der Waals surface area contributed by atoms with E-state index < -0.39 is 35.4 Å². The summed E-state index contributed by atoms with van der Waals surface area (Å²) in [5, 5.41) is 14.4. The number of benzene rings is 1. The van der Waals surface area contributed by atoms with Gasteiger partial charge in [-0.2, -0.15) is 18.3 Å². The normalized spacial score (nSPS) is 18.5. The van der Waals surface area contributed by atoms with Crippen molar-refractivity contribution in [2.75, 3.05) is 18.0 Å². The van der Waals surface area contributed by atoms with E-state index in [1.807, 2.05) is 17.9 Å². The fourth-order valence-corrected chi connectivity index (χ4v) is 6.15. The van der Waals surface area contributed by atoms with E-state index in [4.69, 9.17) is 4.98 Å². The molecule has 44 heavy (non-hydrogen) atoms. The number of β-amino-alcohol motifs (C(OH)–C–C–N with tert-alkyl or cyclic N) is 1. The van der Waals surface area contributed by atoms with Crippen LogP contribution in [0.5, 0.6) is 0 Å². The molecule has 3 aromatic heterocycles. The predicted molar refractivity (Wildman–Crippen MR) is 157 cm³/mol. The number of hydrogen-bond donors (Lipinski definition) is 1. The van der Waals surface area contributed by atoms with E-state index in [2.05, 4.69) is 31.0 Å². The van der Waals surface area contributed by atoms with Crippen LogP contribution < -0.4 is 10.5 Å². The molecule has 1 saturated heterocycles. The lowest BCUT2D eigenvalue weighted by molar-refractivity contribution is -0.138. The van der Waals surface area contributed by atoms with Crippen molar-refractivity contribution in [2.45, 2.75) is 58.5 Å². The number of carbonyl (C=O) groups is 1. The Morgan fingerprint density at radius 1 is 1.14 bits per heavy atom. The molecule has 0 spiro atoms. The van der Waals surface area contributed by atoms with Gasteiger partial charge in [0.25, 0.3) is 11.5 Å². The van der Waals surface area contributed by atoms with Crippen LogP contribution in [0.2, 0.25) is 0 Å². The van der Waals surface area contributed by atoms with Gasteiger partial charge < -0.3 is 14.9 Å². The highest BCUT2D eigenvalue weighted by atomic mass is 79.9. The number of amides is 1. The first-order valence-electron chi connectivity index (χ1n) is 13.9. The average molecular weight is 673 g/mol. The Morgan fingerprint density at radius 3 is 2.48 bits per heavy atom. The molecule has 5 heterocycles. The van der Waals surface area contributed by atoms with Crippen molar-refractivity contribution in [1.29, 1.82) is 0 Å². The third kappa shape index (κ3) is 5.38. The molecule has 2 aliphatic rings. The molecule has 230 valence electrons. The number of alkyl halides is 3. The first-order chi connectivity index (χ1) is 20.8. The smallest absolute Gasteiger partial charge is 0.391 e. The number of halogens is 4. The van der Waals surface area contributed by atoms with E-state index in [9.17, 15) is 27.9 Å². The maximum atomic E-state index is 14.1. The highest BCUT2D eigenvalue weighted by Gasteiger charge is 2.36. The lowest BCUT2D eigenvalue weighted by atomic mass is 9.98. The van der Waals surface area contributed by atoms with Crippen LogP contribution in [0.3, 0.4) is 0 Å². The summed E-state index contributed by atoms with van der Waals surface area (Å²) in [6.07, 6.45) is -1.13. The number of aryl methyl sites for hydroxylation is 2. The predicted octanol–water partition coefficient (Wildman–Crippen LogP) is 3.76. The van der Waals surface area contributed by atoms with Gasteiger partial charge in [-0.25, -0.2) is 24.2 Å². The summed E-state index contributed by atoms with van der Waals surface area (Å²) in [5.41, 5.74) is 1.26. The highest BCUT2D eigenvalue weighted by Crippen LogP contribution is 2.36. The molecule has 4 aromatic rings. The Morgan fingerprint density at radius 2 is 1.86 bits per heavy atom. The largest absolute Gasteiger partial charge is 0.417 e. The molecule has 0 bridgehead atoms. The number of fused-ring (bicyclic) bond motifs is 1. The molecule has 1 fully saturated rings. The minimum atomic E-state index is -4.65. The Hall–Kier alpha value is -4.11. The summed E-state index contributed by atoms with van der Waals surface area (Å²) in [4.78, 5) is 44.8. The second-order valence-electron chi connectivity index (χ2n) is 11.1. The molecule has 2 aliphatic heterocycles. The summed E-state index contributed by atoms with van der Waals surface area (Å²) in [5.74, 6) is -0.406. The molecular formula is C29H28BrF3N8O3. The number of aliphatic hydroxyl groups is 1. The van der Waals surface area contributed by atoms with E-state index in [0.717, 1.165) is 6.07 Å². The molecule has 0 saturated carbocycles. The molecule has 1 aromatic carbocycles. The number of hydrogen-bond acceptors (Lipinski definition) is 8. The zero-order valence-corrected chi connectivity index (χ0v) is 25.6. The second kappa shape index (κ2) is 11.1. The highest BCUT2D eigenvalue weighted by molar-refractivity contribution is 9.10. The topological polar surface area (TPSA) is 122 Å². The third-order valence-corrected chi connectivity index (χ3v) is 8.62. The summed E-state index contributed by atoms with van der Waals surface area (Å²) < 4.78 is 43.3. The van der Waals surface area contributed by atoms with E-state index >= 15 is 0 Å². The van der Waals surface area contributed by atoms with Gasteiger partial charge in [0.1, 0.15) is 0 Å². The lowest BCUT2D eigenvalue weighted by Gasteiger charge is -2.34. The van der Waals surface area contributed by atoms with Crippen molar-refractivity contribution in [3.63, 3.8) is 0 Å². The monoisotopic (exact) mass is 672 g/mol. The van der Waals surface area contributed by atoms with Crippen LogP contribution in [-0.2, 0) is 19.1 Å². The first-order valence-corrected chi connectivity index (χ1v) is 14.7. The van der Waals surface area contributed by atoms with Gasteiger partial charge >= 0.3 is 6.18 Å². The van der Waals surface area contributed by atoms with Gasteiger partial charge in [-0.1, -0.05) is 15.9 Å². The van der Waals surface area contributed by atoms with Crippen LogP contribution in [0.4, 0.5) is 18.9 Å². The van der Waals surface area contributed by atoms with E-state index in [0.29, 0.717) is 47.8 Å². The summed E-state index contributed by atoms with van der Waals surface area (Å²) >= 11 is 2.92. The summed E-state index contributed by atoms with van der Waals surface area (Å²) in [6, 6.07) is 4.67. The van der Waals surface area contributed by atoms with Gasteiger partial charge in [-0.3, -0.25) is 9.59 Å². The first kappa shape index (κ1) is 29.9. The van der Waals surface area contributed by atoms with Gasteiger partial charge in [0.05, 0.1) is 47.7 Å². The Balaban J connectivity index is 1.42. The standard InChI is InChI=1S/C29H28BrF3N8O3/c1-15-8-17(3)41(37-15)28-36-24-14-39(25(43)18-4-5-23(30)22(10-18)29(31,32)33)16(2)9-21(24)26(44)40(28)27-34-11-19(12-35-27)38-7-6-20(42)13-38/h4-5,8,10-12,16,20,42H,6-7,9,13-14H2,1-3H3/t16?,20-/m1/s1. The van der Waals surface area contributed by atoms with Crippen molar-refractivity contribution < 1.29 is 23.1 Å². The van der Waals surface area contributed by atoms with Crippen LogP contribution in [0.15, 0.2) is 45.9 Å². The number of anilines is 1. The summed E-state index contributed by atoms with van der Waals surface area (Å²) in [6.45, 7) is 6.37. The van der Waals surface area contributed by atoms with E-state index in [1.165, 1.54) is 26.3 Å². The number of aromatic nitrogens is 6. The van der Waals surface area contributed by atoms with Gasteiger partial charge in [-0.05, 0) is 57.9 Å². The van der Waals surface area contributed by atoms with Gasteiger partial charge in [0.15, 0.2) is 0 Å². The van der Waals surface area contributed by atoms with Crippen LogP contribution in [0.1, 0.15) is 51.9 Å². The SMILES string of the molecule is Cc1cc(C)n(-c2nc3c(c(=O)n2-c2ncc(N4CC[C@@H](O)C4)cn2)CC(C)N(C(=O)c2ccc(Br)c(C(F)(F)F)c2)C3)n1. The fraction of sp³-hybridized carbons (Fsp3) is 0.379. The van der Waals surface area contributed by atoms with Crippen molar-refractivity contribution in [3.05, 3.63) is 85.3 Å². The van der Waals surface area contributed by atoms with Crippen LogP contribution in [0.25, 0.3) is 11.9 Å². The van der Waals surface area contributed by atoms with Crippen molar-refractivity contribution in [2.24, 2.45) is 0 Å². The molecule has 0 aliphatic carbocycles. The number of nitrogens with zero attached hydrogens (tertiary/aromatic N) is 8. The Labute approximate surface area is 258 Å². The minimum Gasteiger partial charge on any atom is -0.391 e. The Bertz CT molecular complexity index is 1820. The molecule has 1 N–H and O–H groups in total. The second-order valence-corrected chi connectivity index (χ2v) is 12.0. The molecule has 0 radical (unpaired) electrons. The maximum Gasteiger partial charge on any atom is 0.417 e. The molecule has 6 rings (SSSR count). The van der Waals surface area contributed by atoms with Crippen LogP contribution >= 0.6 is 15.9 Å². The quantitative estimate of drug-likeness (QED) is 0.348. The molecule has 1 amide bonds. The number of rotatable bonds is 4. The Kier molecular flexibility index (Phi) is 7.56. The van der Waals surface area contributed by atoms with Crippen molar-refractivity contribution in [1.82, 2.24) is 34.2 Å². The molecular weight excluding hydrogens is 645 g/mol. The minimum absolute atomic E-state index is 0.0806. The molecule has 2 atom stereocenters. The van der Waals surface area contributed by atoms with E-state index in [1.54, 1.807) is 26.2 Å². The zero-order chi connectivity index (χ0) is 31.5. The fourth-order valence-electron chi connectivity index (χ4n) is 5.68. The molecule has 1 unspecified atom stereocenters. The van der Waals surface area contributed by atoms with Gasteiger partial charge in [-0.15, -0.1) is 0 Å². The van der Waals surface area contributed by atoms with Crippen molar-refractivity contribution in [3.8, 4) is 11.9 Å². The third-order valence-electron chi connectivity index (χ3n) is 7.93. The van der Waals surface area contributed by atoms with E-state index in [-0.39, 0.29) is 34.9 Å². The van der Waals surface area contributed by atoms with Gasteiger partial charge in [0, 0.05) is 40.4 Å². The lowest BCUT2D eigenvalue weighted by Crippen LogP contribution is -2.46. The average Bonchev–Trinajstić information content (AvgIpc) is 3.56. The van der Waals surface area contributed by atoms with Crippen molar-refractivity contribution >= 4 is 27.5 Å². The number of carbonyl (C=O) groups excluding carboxylic acids is 1. The van der Waals surface area contributed by atoms with Crippen LogP contribution in [0, 0.1) is 13.8 Å². The number of aliphatic hydroxyl groups excluding tert-OH is 1. The maximum absolute atomic E-state index is 14.1. The molecule has 11 nitrogen and oxygen atoms in total.